The molecule has 3 fully saturated rings. The lowest BCUT2D eigenvalue weighted by molar-refractivity contribution is -0.129. The number of ether oxygens (including phenoxy) is 1. The van der Waals surface area contributed by atoms with E-state index in [1.165, 1.54) is 11.1 Å². The molecule has 0 spiro atoms. The van der Waals surface area contributed by atoms with Crippen LogP contribution in [-0.2, 0) is 9.59 Å². The van der Waals surface area contributed by atoms with Crippen LogP contribution in [0.2, 0.25) is 0 Å². The number of ketones is 2. The summed E-state index contributed by atoms with van der Waals surface area (Å²) in [4.78, 5) is 25.3. The summed E-state index contributed by atoms with van der Waals surface area (Å²) in [5.74, 6) is 2.20. The van der Waals surface area contributed by atoms with Crippen molar-refractivity contribution in [3.8, 4) is 5.75 Å². The molecule has 0 unspecified atom stereocenters. The number of rotatable bonds is 8. The summed E-state index contributed by atoms with van der Waals surface area (Å²) in [5.41, 5.74) is 2.36. The second-order valence-corrected chi connectivity index (χ2v) is 11.6. The van der Waals surface area contributed by atoms with E-state index in [9.17, 15) is 14.7 Å². The van der Waals surface area contributed by atoms with Crippen LogP contribution >= 0.6 is 0 Å². The third-order valence-electron chi connectivity index (χ3n) is 9.55. The summed E-state index contributed by atoms with van der Waals surface area (Å²) in [6, 6.07) is 8.35. The predicted molar refractivity (Wildman–Crippen MR) is 134 cm³/mol. The Kier molecular flexibility index (Phi) is 6.93. The molecular weight excluding hydrogens is 440 g/mol. The Morgan fingerprint density at radius 3 is 2.54 bits per heavy atom. The van der Waals surface area contributed by atoms with Crippen molar-refractivity contribution < 1.29 is 24.5 Å². The van der Waals surface area contributed by atoms with Gasteiger partial charge in [0.1, 0.15) is 17.3 Å². The Labute approximate surface area is 209 Å². The summed E-state index contributed by atoms with van der Waals surface area (Å²) in [6.45, 7) is 3.10. The van der Waals surface area contributed by atoms with Gasteiger partial charge in [0.15, 0.2) is 0 Å². The number of hydrogen-bond donors (Lipinski definition) is 2. The van der Waals surface area contributed by atoms with Crippen molar-refractivity contribution in [2.24, 2.45) is 17.3 Å². The molecule has 5 rings (SSSR count). The normalized spacial score (nSPS) is 34.4. The summed E-state index contributed by atoms with van der Waals surface area (Å²) in [6.07, 6.45) is 9.24. The Balaban J connectivity index is 1.42. The third kappa shape index (κ3) is 4.51. The molecule has 2 N–H and O–H groups in total. The monoisotopic (exact) mass is 480 g/mol. The minimum Gasteiger partial charge on any atom is -0.494 e. The van der Waals surface area contributed by atoms with Gasteiger partial charge in [-0.25, -0.2) is 0 Å². The van der Waals surface area contributed by atoms with Gasteiger partial charge >= 0.3 is 0 Å². The molecule has 4 aliphatic rings. The molecule has 0 heterocycles. The summed E-state index contributed by atoms with van der Waals surface area (Å²) < 4.78 is 5.95. The van der Waals surface area contributed by atoms with E-state index in [2.05, 4.69) is 19.1 Å². The quantitative estimate of drug-likeness (QED) is 0.391. The molecule has 0 amide bonds. The molecule has 5 nitrogen and oxygen atoms in total. The van der Waals surface area contributed by atoms with Crippen LogP contribution in [0.3, 0.4) is 0 Å². The number of carbonyl (C=O) groups excluding carboxylic acids is 2. The molecule has 0 bridgehead atoms. The Morgan fingerprint density at radius 1 is 1.00 bits per heavy atom. The van der Waals surface area contributed by atoms with Crippen molar-refractivity contribution in [1.29, 1.82) is 0 Å². The lowest BCUT2D eigenvalue weighted by Crippen LogP contribution is -2.49. The Hall–Kier alpha value is -1.98. The molecule has 0 aromatic heterocycles. The minimum atomic E-state index is -0.991. The smallest absolute Gasteiger partial charge is 0.139 e. The van der Waals surface area contributed by atoms with Gasteiger partial charge in [-0.2, -0.15) is 0 Å². The Morgan fingerprint density at radius 2 is 1.77 bits per heavy atom. The van der Waals surface area contributed by atoms with E-state index in [-0.39, 0.29) is 30.1 Å². The molecule has 35 heavy (non-hydrogen) atoms. The lowest BCUT2D eigenvalue weighted by Gasteiger charge is -2.53. The number of aliphatic hydroxyl groups excluding tert-OH is 1. The summed E-state index contributed by atoms with van der Waals surface area (Å²) in [7, 11) is 0. The highest BCUT2D eigenvalue weighted by Crippen LogP contribution is 2.63. The lowest BCUT2D eigenvalue weighted by atomic mass is 9.51. The fourth-order valence-corrected chi connectivity index (χ4v) is 7.72. The van der Waals surface area contributed by atoms with Crippen LogP contribution in [0, 0.1) is 17.3 Å². The van der Waals surface area contributed by atoms with Gasteiger partial charge in [-0.05, 0) is 86.5 Å². The number of carbonyl (C=O) groups is 2. The average Bonchev–Trinajstić information content (AvgIpc) is 3.14. The maximum absolute atomic E-state index is 13.1. The van der Waals surface area contributed by atoms with Crippen LogP contribution in [0.25, 0.3) is 0 Å². The van der Waals surface area contributed by atoms with Crippen LogP contribution in [-0.4, -0.2) is 40.6 Å². The molecule has 1 aromatic carbocycles. The number of unbranched alkanes of at least 4 members (excludes halogenated alkanes) is 3. The molecule has 5 atom stereocenters. The fraction of sp³-hybridized carbons (Fsp3) is 0.667. The predicted octanol–water partition coefficient (Wildman–Crippen LogP) is 5.28. The van der Waals surface area contributed by atoms with Gasteiger partial charge in [0, 0.05) is 37.2 Å². The maximum atomic E-state index is 13.1. The van der Waals surface area contributed by atoms with Crippen LogP contribution in [0.1, 0.15) is 95.5 Å². The van der Waals surface area contributed by atoms with Gasteiger partial charge in [-0.3, -0.25) is 9.59 Å². The zero-order chi connectivity index (χ0) is 24.6. The summed E-state index contributed by atoms with van der Waals surface area (Å²) >= 11 is 0. The van der Waals surface area contributed by atoms with Crippen LogP contribution in [0.5, 0.6) is 5.75 Å². The third-order valence-corrected chi connectivity index (χ3v) is 9.55. The number of Topliss-reactive ketones (excluding diaryl/α,β-unsaturated/α-hetero) is 2. The standard InChI is InChI=1S/C30H40O5/c1-29-19-24(20-6-9-22(10-7-20)35-17-5-3-2-4-16-31)28-23(25(29)12-13-27(29)33)14-15-30(34)18-21(32)8-11-26(28)30/h6-7,9-10,23-25,31,34H,2-5,8,11-19H2,1H3/t23-,24+,25-,29-,30+/m0/s1. The van der Waals surface area contributed by atoms with Crippen molar-refractivity contribution in [3.63, 3.8) is 0 Å². The van der Waals surface area contributed by atoms with Gasteiger partial charge in [0.2, 0.25) is 0 Å². The highest BCUT2D eigenvalue weighted by atomic mass is 16.5. The molecule has 0 saturated heterocycles. The van der Waals surface area contributed by atoms with Crippen molar-refractivity contribution in [2.45, 2.75) is 95.5 Å². The molecule has 0 aliphatic heterocycles. The molecular formula is C30H40O5. The topological polar surface area (TPSA) is 83.8 Å². The maximum Gasteiger partial charge on any atom is 0.139 e. The van der Waals surface area contributed by atoms with Gasteiger partial charge in [0.25, 0.3) is 0 Å². The minimum absolute atomic E-state index is 0.103. The largest absolute Gasteiger partial charge is 0.494 e. The second-order valence-electron chi connectivity index (χ2n) is 11.6. The first-order valence-electron chi connectivity index (χ1n) is 13.7. The van der Waals surface area contributed by atoms with Crippen molar-refractivity contribution in [2.75, 3.05) is 13.2 Å². The van der Waals surface area contributed by atoms with Crippen molar-refractivity contribution >= 4 is 11.6 Å². The van der Waals surface area contributed by atoms with E-state index in [0.717, 1.165) is 56.3 Å². The van der Waals surface area contributed by atoms with E-state index in [1.54, 1.807) is 0 Å². The zero-order valence-corrected chi connectivity index (χ0v) is 21.1. The SMILES string of the molecule is C[C@]12C[C@H](c3ccc(OCCCCCCO)cc3)C3=C4CCC(=O)C[C@]4(O)CC[C@H]3[C@@H]1CCC2=O. The van der Waals surface area contributed by atoms with Crippen molar-refractivity contribution in [3.05, 3.63) is 41.0 Å². The van der Waals surface area contributed by atoms with Crippen LogP contribution in [0.4, 0.5) is 0 Å². The van der Waals surface area contributed by atoms with E-state index in [0.29, 0.717) is 49.9 Å². The van der Waals surface area contributed by atoms with E-state index >= 15 is 0 Å². The fourth-order valence-electron chi connectivity index (χ4n) is 7.72. The first kappa shape index (κ1) is 24.7. The summed E-state index contributed by atoms with van der Waals surface area (Å²) in [5, 5.41) is 20.5. The van der Waals surface area contributed by atoms with Gasteiger partial charge < -0.3 is 14.9 Å². The van der Waals surface area contributed by atoms with E-state index in [1.807, 2.05) is 12.1 Å². The molecule has 0 radical (unpaired) electrons. The molecule has 5 heteroatoms. The van der Waals surface area contributed by atoms with Crippen molar-refractivity contribution in [1.82, 2.24) is 0 Å². The number of fused-ring (bicyclic) bond motifs is 4. The highest BCUT2D eigenvalue weighted by Gasteiger charge is 2.58. The molecule has 4 aliphatic carbocycles. The first-order chi connectivity index (χ1) is 16.9. The highest BCUT2D eigenvalue weighted by molar-refractivity contribution is 5.88. The second kappa shape index (κ2) is 9.82. The van der Waals surface area contributed by atoms with Gasteiger partial charge in [-0.15, -0.1) is 0 Å². The number of benzene rings is 1. The average molecular weight is 481 g/mol. The Bertz CT molecular complexity index is 995. The van der Waals surface area contributed by atoms with E-state index in [4.69, 9.17) is 9.84 Å². The first-order valence-corrected chi connectivity index (χ1v) is 13.7. The molecule has 3 saturated carbocycles. The number of allylic oxidation sites excluding steroid dienone is 1. The van der Waals surface area contributed by atoms with Crippen LogP contribution in [0.15, 0.2) is 35.4 Å². The molecule has 190 valence electrons. The van der Waals surface area contributed by atoms with Gasteiger partial charge in [-0.1, -0.05) is 31.1 Å². The number of aliphatic hydroxyl groups is 2. The molecule has 1 aromatic rings. The van der Waals surface area contributed by atoms with Gasteiger partial charge in [0.05, 0.1) is 12.2 Å². The zero-order valence-electron chi connectivity index (χ0n) is 21.1. The van der Waals surface area contributed by atoms with Crippen LogP contribution < -0.4 is 4.74 Å². The van der Waals surface area contributed by atoms with E-state index < -0.39 is 5.60 Å². The number of hydrogen-bond acceptors (Lipinski definition) is 5.